The molecule has 6 heteroatoms. The SMILES string of the molecule is CCOc1ccc2c(NNC(=O)COc3ccc(C)c(C)c3)c3ccccc3nc2c1. The van der Waals surface area contributed by atoms with Crippen molar-refractivity contribution in [1.29, 1.82) is 0 Å². The van der Waals surface area contributed by atoms with Gasteiger partial charge in [-0.3, -0.25) is 15.6 Å². The average molecular weight is 415 g/mol. The van der Waals surface area contributed by atoms with Crippen LogP contribution < -0.4 is 20.3 Å². The summed E-state index contributed by atoms with van der Waals surface area (Å²) in [5, 5.41) is 1.80. The summed E-state index contributed by atoms with van der Waals surface area (Å²) in [7, 11) is 0. The number of hydrazine groups is 1. The quantitative estimate of drug-likeness (QED) is 0.331. The van der Waals surface area contributed by atoms with Gasteiger partial charge >= 0.3 is 0 Å². The Kier molecular flexibility index (Phi) is 5.89. The van der Waals surface area contributed by atoms with Crippen molar-refractivity contribution in [2.45, 2.75) is 20.8 Å². The number of rotatable bonds is 7. The van der Waals surface area contributed by atoms with Crippen molar-refractivity contribution in [3.05, 3.63) is 71.8 Å². The van der Waals surface area contributed by atoms with Gasteiger partial charge in [-0.15, -0.1) is 0 Å². The van der Waals surface area contributed by atoms with Gasteiger partial charge in [-0.05, 0) is 62.2 Å². The minimum atomic E-state index is -0.279. The van der Waals surface area contributed by atoms with Gasteiger partial charge in [0.2, 0.25) is 0 Å². The van der Waals surface area contributed by atoms with Gasteiger partial charge < -0.3 is 9.47 Å². The number of pyridine rings is 1. The largest absolute Gasteiger partial charge is 0.494 e. The van der Waals surface area contributed by atoms with Crippen LogP contribution in [-0.4, -0.2) is 24.1 Å². The first-order chi connectivity index (χ1) is 15.0. The second kappa shape index (κ2) is 8.92. The van der Waals surface area contributed by atoms with Crippen LogP contribution >= 0.6 is 0 Å². The van der Waals surface area contributed by atoms with E-state index in [0.29, 0.717) is 12.4 Å². The Morgan fingerprint density at radius 2 is 1.61 bits per heavy atom. The van der Waals surface area contributed by atoms with Crippen LogP contribution in [0.3, 0.4) is 0 Å². The molecule has 0 unspecified atom stereocenters. The van der Waals surface area contributed by atoms with E-state index in [2.05, 4.69) is 10.9 Å². The second-order valence-electron chi connectivity index (χ2n) is 7.32. The molecular weight excluding hydrogens is 390 g/mol. The van der Waals surface area contributed by atoms with Crippen LogP contribution in [0.1, 0.15) is 18.1 Å². The van der Waals surface area contributed by atoms with E-state index in [1.165, 1.54) is 5.56 Å². The number of ether oxygens (including phenoxy) is 2. The number of fused-ring (bicyclic) bond motifs is 2. The fraction of sp³-hybridized carbons (Fsp3) is 0.200. The number of aryl methyl sites for hydroxylation is 2. The number of amides is 1. The first-order valence-electron chi connectivity index (χ1n) is 10.3. The molecule has 3 aromatic carbocycles. The molecule has 0 fully saturated rings. The Labute approximate surface area is 181 Å². The third-order valence-electron chi connectivity index (χ3n) is 5.14. The molecule has 0 aliphatic rings. The van der Waals surface area contributed by atoms with E-state index in [1.807, 2.05) is 81.4 Å². The van der Waals surface area contributed by atoms with Gasteiger partial charge in [0.15, 0.2) is 6.61 Å². The van der Waals surface area contributed by atoms with Gasteiger partial charge in [0.05, 0.1) is 23.3 Å². The van der Waals surface area contributed by atoms with Crippen LogP contribution in [0.5, 0.6) is 11.5 Å². The zero-order valence-corrected chi connectivity index (χ0v) is 17.9. The lowest BCUT2D eigenvalue weighted by Crippen LogP contribution is -2.33. The summed E-state index contributed by atoms with van der Waals surface area (Å²) in [5.74, 6) is 1.15. The lowest BCUT2D eigenvalue weighted by molar-refractivity contribution is -0.122. The van der Waals surface area contributed by atoms with E-state index >= 15 is 0 Å². The molecular formula is C25H25N3O3. The molecule has 0 aliphatic carbocycles. The van der Waals surface area contributed by atoms with E-state index in [-0.39, 0.29) is 12.5 Å². The van der Waals surface area contributed by atoms with Crippen LogP contribution in [0.15, 0.2) is 60.7 Å². The van der Waals surface area contributed by atoms with Gasteiger partial charge in [-0.25, -0.2) is 4.98 Å². The first-order valence-corrected chi connectivity index (χ1v) is 10.3. The first kappa shape index (κ1) is 20.5. The average Bonchev–Trinajstić information content (AvgIpc) is 2.77. The third kappa shape index (κ3) is 4.53. The van der Waals surface area contributed by atoms with Gasteiger partial charge in [0.1, 0.15) is 11.5 Å². The zero-order chi connectivity index (χ0) is 21.8. The van der Waals surface area contributed by atoms with E-state index in [4.69, 9.17) is 14.5 Å². The molecule has 0 radical (unpaired) electrons. The number of hydrogen-bond donors (Lipinski definition) is 2. The Balaban J connectivity index is 1.54. The molecule has 0 saturated heterocycles. The maximum atomic E-state index is 12.4. The molecule has 0 spiro atoms. The maximum Gasteiger partial charge on any atom is 0.276 e. The van der Waals surface area contributed by atoms with Gasteiger partial charge in [0, 0.05) is 16.8 Å². The van der Waals surface area contributed by atoms with Crippen LogP contribution in [0, 0.1) is 13.8 Å². The highest BCUT2D eigenvalue weighted by atomic mass is 16.5. The predicted octanol–water partition coefficient (Wildman–Crippen LogP) is 4.93. The normalized spacial score (nSPS) is 10.8. The Hall–Kier alpha value is -3.80. The van der Waals surface area contributed by atoms with Crippen molar-refractivity contribution in [3.8, 4) is 11.5 Å². The fourth-order valence-electron chi connectivity index (χ4n) is 3.38. The van der Waals surface area contributed by atoms with E-state index < -0.39 is 0 Å². The van der Waals surface area contributed by atoms with Gasteiger partial charge in [-0.1, -0.05) is 24.3 Å². The Morgan fingerprint density at radius 3 is 2.42 bits per heavy atom. The molecule has 0 bridgehead atoms. The standard InChI is InChI=1S/C25H25N3O3/c1-4-30-19-11-12-21-23(14-19)26-22-8-6-5-7-20(22)25(21)28-27-24(29)15-31-18-10-9-16(2)17(3)13-18/h5-14H,4,15H2,1-3H3,(H,26,28)(H,27,29). The number of carbonyl (C=O) groups excluding carboxylic acids is 1. The van der Waals surface area contributed by atoms with Crippen LogP contribution in [-0.2, 0) is 4.79 Å². The number of benzene rings is 3. The molecule has 1 amide bonds. The van der Waals surface area contributed by atoms with Crippen molar-refractivity contribution >= 4 is 33.4 Å². The summed E-state index contributed by atoms with van der Waals surface area (Å²) < 4.78 is 11.2. The Bertz CT molecular complexity index is 1250. The van der Waals surface area contributed by atoms with Gasteiger partial charge in [-0.2, -0.15) is 0 Å². The summed E-state index contributed by atoms with van der Waals surface area (Å²) in [6.07, 6.45) is 0. The molecule has 158 valence electrons. The fourth-order valence-corrected chi connectivity index (χ4v) is 3.38. The lowest BCUT2D eigenvalue weighted by Gasteiger charge is -2.15. The highest BCUT2D eigenvalue weighted by Gasteiger charge is 2.11. The summed E-state index contributed by atoms with van der Waals surface area (Å²) in [6, 6.07) is 19.3. The smallest absolute Gasteiger partial charge is 0.276 e. The Morgan fingerprint density at radius 1 is 0.871 bits per heavy atom. The third-order valence-corrected chi connectivity index (χ3v) is 5.14. The molecule has 0 aliphatic heterocycles. The zero-order valence-electron chi connectivity index (χ0n) is 17.9. The second-order valence-corrected chi connectivity index (χ2v) is 7.32. The van der Waals surface area contributed by atoms with Crippen molar-refractivity contribution in [2.24, 2.45) is 0 Å². The lowest BCUT2D eigenvalue weighted by atomic mass is 10.1. The number of carbonyl (C=O) groups is 1. The van der Waals surface area contributed by atoms with E-state index in [1.54, 1.807) is 0 Å². The van der Waals surface area contributed by atoms with E-state index in [0.717, 1.165) is 38.8 Å². The molecule has 4 rings (SSSR count). The predicted molar refractivity (Wildman–Crippen MR) is 124 cm³/mol. The summed E-state index contributed by atoms with van der Waals surface area (Å²) in [4.78, 5) is 17.2. The van der Waals surface area contributed by atoms with Crippen molar-refractivity contribution in [1.82, 2.24) is 10.4 Å². The topological polar surface area (TPSA) is 72.5 Å². The highest BCUT2D eigenvalue weighted by Crippen LogP contribution is 2.32. The maximum absolute atomic E-state index is 12.4. The molecule has 31 heavy (non-hydrogen) atoms. The number of hydrogen-bond acceptors (Lipinski definition) is 5. The number of nitrogens with one attached hydrogen (secondary N) is 2. The summed E-state index contributed by atoms with van der Waals surface area (Å²) in [5.41, 5.74) is 10.5. The van der Waals surface area contributed by atoms with Crippen LogP contribution in [0.4, 0.5) is 5.69 Å². The van der Waals surface area contributed by atoms with Crippen molar-refractivity contribution in [3.63, 3.8) is 0 Å². The number of nitrogens with zero attached hydrogens (tertiary/aromatic N) is 1. The van der Waals surface area contributed by atoms with Gasteiger partial charge in [0.25, 0.3) is 5.91 Å². The van der Waals surface area contributed by atoms with E-state index in [9.17, 15) is 4.79 Å². The summed E-state index contributed by atoms with van der Waals surface area (Å²) >= 11 is 0. The van der Waals surface area contributed by atoms with Crippen LogP contribution in [0.2, 0.25) is 0 Å². The summed E-state index contributed by atoms with van der Waals surface area (Å²) in [6.45, 7) is 6.49. The van der Waals surface area contributed by atoms with Crippen LogP contribution in [0.25, 0.3) is 21.8 Å². The number of aromatic nitrogens is 1. The minimum Gasteiger partial charge on any atom is -0.494 e. The van der Waals surface area contributed by atoms with Crippen molar-refractivity contribution in [2.75, 3.05) is 18.6 Å². The molecule has 6 nitrogen and oxygen atoms in total. The number of anilines is 1. The minimum absolute atomic E-state index is 0.0923. The molecule has 1 heterocycles. The highest BCUT2D eigenvalue weighted by molar-refractivity contribution is 6.08. The molecule has 2 N–H and O–H groups in total. The van der Waals surface area contributed by atoms with Crippen molar-refractivity contribution < 1.29 is 14.3 Å². The molecule has 0 atom stereocenters. The molecule has 1 aromatic heterocycles. The monoisotopic (exact) mass is 415 g/mol. The number of para-hydroxylation sites is 1. The molecule has 0 saturated carbocycles. The molecule has 4 aromatic rings.